The minimum Gasteiger partial charge on any atom is -0.388 e. The minimum absolute atomic E-state index is 0.0823. The maximum absolute atomic E-state index is 13.8. The van der Waals surface area contributed by atoms with Crippen molar-refractivity contribution in [1.29, 1.82) is 0 Å². The molecule has 19 heavy (non-hydrogen) atoms. The number of aliphatic hydroxyl groups excluding tert-OH is 1. The largest absolute Gasteiger partial charge is 0.388 e. The van der Waals surface area contributed by atoms with Crippen LogP contribution in [0.2, 0.25) is 0 Å². The van der Waals surface area contributed by atoms with E-state index < -0.39 is 23.7 Å². The van der Waals surface area contributed by atoms with E-state index in [9.17, 15) is 13.9 Å². The molecule has 0 aliphatic rings. The van der Waals surface area contributed by atoms with Gasteiger partial charge in [-0.2, -0.15) is 11.3 Å². The zero-order valence-corrected chi connectivity index (χ0v) is 11.3. The summed E-state index contributed by atoms with van der Waals surface area (Å²) in [5.74, 6) is -1.91. The Morgan fingerprint density at radius 1 is 1.26 bits per heavy atom. The average molecular weight is 283 g/mol. The van der Waals surface area contributed by atoms with Gasteiger partial charge in [-0.25, -0.2) is 8.78 Å². The van der Waals surface area contributed by atoms with Crippen LogP contribution >= 0.6 is 11.3 Å². The molecule has 2 rings (SSSR count). The van der Waals surface area contributed by atoms with Gasteiger partial charge in [-0.15, -0.1) is 0 Å². The van der Waals surface area contributed by atoms with E-state index in [1.807, 2.05) is 17.7 Å². The summed E-state index contributed by atoms with van der Waals surface area (Å²) < 4.78 is 26.7. The topological polar surface area (TPSA) is 46.2 Å². The van der Waals surface area contributed by atoms with E-state index in [2.05, 4.69) is 0 Å². The van der Waals surface area contributed by atoms with E-state index in [1.165, 1.54) is 23.5 Å². The Kier molecular flexibility index (Phi) is 4.29. The Balaban J connectivity index is 2.37. The van der Waals surface area contributed by atoms with Crippen LogP contribution in [0, 0.1) is 18.6 Å². The van der Waals surface area contributed by atoms with Crippen molar-refractivity contribution in [2.24, 2.45) is 5.73 Å². The molecule has 2 aromatic rings. The van der Waals surface area contributed by atoms with Crippen molar-refractivity contribution in [2.75, 3.05) is 6.54 Å². The quantitative estimate of drug-likeness (QED) is 0.905. The molecule has 0 amide bonds. The molecule has 5 heteroatoms. The first-order chi connectivity index (χ1) is 9.04. The molecule has 0 saturated carbocycles. The van der Waals surface area contributed by atoms with Crippen LogP contribution in [-0.4, -0.2) is 11.7 Å². The molecule has 2 unspecified atom stereocenters. The molecule has 1 aromatic heterocycles. The van der Waals surface area contributed by atoms with E-state index in [0.717, 1.165) is 17.2 Å². The summed E-state index contributed by atoms with van der Waals surface area (Å²) in [5.41, 5.74) is 7.57. The third-order valence-corrected chi connectivity index (χ3v) is 4.09. The summed E-state index contributed by atoms with van der Waals surface area (Å²) in [4.78, 5) is 0. The van der Waals surface area contributed by atoms with Crippen molar-refractivity contribution < 1.29 is 13.9 Å². The Hall–Kier alpha value is -1.30. The third-order valence-electron chi connectivity index (χ3n) is 3.21. The van der Waals surface area contributed by atoms with Crippen LogP contribution in [0.4, 0.5) is 8.78 Å². The average Bonchev–Trinajstić information content (AvgIpc) is 2.78. The zero-order valence-electron chi connectivity index (χ0n) is 10.4. The van der Waals surface area contributed by atoms with Gasteiger partial charge in [0.1, 0.15) is 11.6 Å². The zero-order chi connectivity index (χ0) is 14.0. The van der Waals surface area contributed by atoms with Gasteiger partial charge in [0.05, 0.1) is 6.10 Å². The molecule has 3 N–H and O–H groups in total. The summed E-state index contributed by atoms with van der Waals surface area (Å²) >= 11 is 1.47. The fraction of sp³-hybridized carbons (Fsp3) is 0.286. The summed E-state index contributed by atoms with van der Waals surface area (Å²) in [6.45, 7) is 1.96. The summed E-state index contributed by atoms with van der Waals surface area (Å²) in [6, 6.07) is 3.33. The SMILES string of the molecule is Cc1cscc1C(O)C(CN)c1ccc(F)cc1F. The Labute approximate surface area is 114 Å². The Bertz CT molecular complexity index is 570. The second kappa shape index (κ2) is 5.77. The van der Waals surface area contributed by atoms with E-state index in [1.54, 1.807) is 0 Å². The van der Waals surface area contributed by atoms with Gasteiger partial charge >= 0.3 is 0 Å². The number of nitrogens with two attached hydrogens (primary N) is 1. The maximum Gasteiger partial charge on any atom is 0.129 e. The van der Waals surface area contributed by atoms with E-state index in [-0.39, 0.29) is 12.1 Å². The van der Waals surface area contributed by atoms with Crippen LogP contribution in [0.3, 0.4) is 0 Å². The fourth-order valence-electron chi connectivity index (χ4n) is 2.12. The van der Waals surface area contributed by atoms with Gasteiger partial charge in [-0.05, 0) is 40.4 Å². The molecule has 102 valence electrons. The highest BCUT2D eigenvalue weighted by molar-refractivity contribution is 7.08. The number of thiophene rings is 1. The van der Waals surface area contributed by atoms with Crippen molar-refractivity contribution >= 4 is 11.3 Å². The number of hydrogen-bond donors (Lipinski definition) is 2. The van der Waals surface area contributed by atoms with Gasteiger partial charge in [0.2, 0.25) is 0 Å². The number of benzene rings is 1. The van der Waals surface area contributed by atoms with Crippen LogP contribution in [0.1, 0.15) is 28.7 Å². The highest BCUT2D eigenvalue weighted by Gasteiger charge is 2.25. The van der Waals surface area contributed by atoms with Gasteiger partial charge in [0.25, 0.3) is 0 Å². The standard InChI is InChI=1S/C14H15F2NOS/c1-8-6-19-7-12(8)14(18)11(5-17)10-3-2-9(15)4-13(10)16/h2-4,6-7,11,14,18H,5,17H2,1H3. The molecule has 1 heterocycles. The molecule has 0 spiro atoms. The molecule has 1 aromatic carbocycles. The summed E-state index contributed by atoms with van der Waals surface area (Å²) in [7, 11) is 0. The number of rotatable bonds is 4. The van der Waals surface area contributed by atoms with Crippen LogP contribution in [0.25, 0.3) is 0 Å². The lowest BCUT2D eigenvalue weighted by atomic mass is 9.88. The van der Waals surface area contributed by atoms with Gasteiger partial charge in [0, 0.05) is 18.5 Å². The second-order valence-electron chi connectivity index (χ2n) is 4.46. The highest BCUT2D eigenvalue weighted by Crippen LogP contribution is 2.34. The third kappa shape index (κ3) is 2.83. The monoisotopic (exact) mass is 283 g/mol. The van der Waals surface area contributed by atoms with Crippen molar-refractivity contribution in [2.45, 2.75) is 18.9 Å². The number of aryl methyl sites for hydroxylation is 1. The Morgan fingerprint density at radius 2 is 2.00 bits per heavy atom. The number of hydrogen-bond acceptors (Lipinski definition) is 3. The molecule has 0 saturated heterocycles. The second-order valence-corrected chi connectivity index (χ2v) is 5.21. The first-order valence-corrected chi connectivity index (χ1v) is 6.84. The molecular weight excluding hydrogens is 268 g/mol. The van der Waals surface area contributed by atoms with Crippen molar-refractivity contribution in [3.63, 3.8) is 0 Å². The summed E-state index contributed by atoms with van der Waals surface area (Å²) in [5, 5.41) is 14.1. The normalized spacial score (nSPS) is 14.4. The molecule has 0 aliphatic carbocycles. The Morgan fingerprint density at radius 3 is 2.53 bits per heavy atom. The van der Waals surface area contributed by atoms with Crippen molar-refractivity contribution in [1.82, 2.24) is 0 Å². The lowest BCUT2D eigenvalue weighted by Gasteiger charge is -2.22. The van der Waals surface area contributed by atoms with Crippen LogP contribution < -0.4 is 5.73 Å². The smallest absolute Gasteiger partial charge is 0.129 e. The molecule has 2 atom stereocenters. The van der Waals surface area contributed by atoms with Gasteiger partial charge < -0.3 is 10.8 Å². The molecule has 0 fully saturated rings. The fourth-order valence-corrected chi connectivity index (χ4v) is 3.00. The van der Waals surface area contributed by atoms with E-state index >= 15 is 0 Å². The van der Waals surface area contributed by atoms with Crippen molar-refractivity contribution in [3.8, 4) is 0 Å². The lowest BCUT2D eigenvalue weighted by molar-refractivity contribution is 0.145. The first-order valence-electron chi connectivity index (χ1n) is 5.90. The lowest BCUT2D eigenvalue weighted by Crippen LogP contribution is -2.21. The molecule has 0 radical (unpaired) electrons. The first kappa shape index (κ1) is 14.1. The predicted octanol–water partition coefficient (Wildman–Crippen LogP) is 3.11. The van der Waals surface area contributed by atoms with Gasteiger partial charge in [0.15, 0.2) is 0 Å². The van der Waals surface area contributed by atoms with Crippen LogP contribution in [-0.2, 0) is 0 Å². The van der Waals surface area contributed by atoms with Gasteiger partial charge in [-0.3, -0.25) is 0 Å². The van der Waals surface area contributed by atoms with Crippen LogP contribution in [0.5, 0.6) is 0 Å². The maximum atomic E-state index is 13.8. The molecule has 2 nitrogen and oxygen atoms in total. The van der Waals surface area contributed by atoms with Gasteiger partial charge in [-0.1, -0.05) is 6.07 Å². The van der Waals surface area contributed by atoms with E-state index in [4.69, 9.17) is 5.73 Å². The van der Waals surface area contributed by atoms with E-state index in [0.29, 0.717) is 0 Å². The van der Waals surface area contributed by atoms with Crippen LogP contribution in [0.15, 0.2) is 29.0 Å². The number of aliphatic hydroxyl groups is 1. The molecule has 0 aliphatic heterocycles. The number of halogens is 2. The molecule has 0 bridgehead atoms. The molecular formula is C14H15F2NOS. The summed E-state index contributed by atoms with van der Waals surface area (Å²) in [6.07, 6.45) is -0.892. The van der Waals surface area contributed by atoms with Crippen molar-refractivity contribution in [3.05, 3.63) is 57.3 Å². The predicted molar refractivity (Wildman–Crippen MR) is 72.2 cm³/mol. The highest BCUT2D eigenvalue weighted by atomic mass is 32.1. The minimum atomic E-state index is -0.892.